The second-order valence-corrected chi connectivity index (χ2v) is 10.6. The predicted molar refractivity (Wildman–Crippen MR) is 142 cm³/mol. The summed E-state index contributed by atoms with van der Waals surface area (Å²) in [6, 6.07) is 19.4. The van der Waals surface area contributed by atoms with Crippen LogP contribution in [0.25, 0.3) is 16.5 Å². The number of halogens is 2. The predicted octanol–water partition coefficient (Wildman–Crippen LogP) is 5.97. The molecule has 0 unspecified atom stereocenters. The van der Waals surface area contributed by atoms with Gasteiger partial charge in [-0.15, -0.1) is 5.10 Å². The van der Waals surface area contributed by atoms with Crippen LogP contribution in [0.2, 0.25) is 10.0 Å². The molecular weight excluding hydrogens is 517 g/mol. The highest BCUT2D eigenvalue weighted by Crippen LogP contribution is 2.43. The summed E-state index contributed by atoms with van der Waals surface area (Å²) in [5.41, 5.74) is 2.20. The van der Waals surface area contributed by atoms with E-state index < -0.39 is 0 Å². The highest BCUT2D eigenvalue weighted by atomic mass is 35.5. The average Bonchev–Trinajstić information content (AvgIpc) is 3.61. The van der Waals surface area contributed by atoms with Crippen molar-refractivity contribution in [3.63, 3.8) is 0 Å². The first-order chi connectivity index (χ1) is 17.6. The Morgan fingerprint density at radius 3 is 2.50 bits per heavy atom. The lowest BCUT2D eigenvalue weighted by Gasteiger charge is -2.39. The summed E-state index contributed by atoms with van der Waals surface area (Å²) < 4.78 is 6.89. The molecule has 7 nitrogen and oxygen atoms in total. The number of thiazole rings is 1. The number of furan rings is 1. The van der Waals surface area contributed by atoms with Crippen LogP contribution in [-0.2, 0) is 6.54 Å². The van der Waals surface area contributed by atoms with Gasteiger partial charge in [0.1, 0.15) is 0 Å². The Hall–Kier alpha value is -2.88. The zero-order valence-corrected chi connectivity index (χ0v) is 21.5. The van der Waals surface area contributed by atoms with Crippen molar-refractivity contribution in [3.8, 4) is 17.5 Å². The van der Waals surface area contributed by atoms with Crippen LogP contribution in [0.5, 0.6) is 5.88 Å². The van der Waals surface area contributed by atoms with Gasteiger partial charge in [0.2, 0.25) is 16.7 Å². The highest BCUT2D eigenvalue weighted by molar-refractivity contribution is 7.17. The van der Waals surface area contributed by atoms with Crippen LogP contribution in [-0.4, -0.2) is 55.7 Å². The molecule has 5 aromatic rings. The van der Waals surface area contributed by atoms with E-state index in [9.17, 15) is 5.11 Å². The third-order valence-electron chi connectivity index (χ3n) is 6.47. The molecule has 1 aliphatic rings. The molecule has 10 heteroatoms. The van der Waals surface area contributed by atoms with Crippen LogP contribution in [0, 0.1) is 0 Å². The third-order valence-corrected chi connectivity index (χ3v) is 8.10. The van der Waals surface area contributed by atoms with Crippen molar-refractivity contribution in [1.29, 1.82) is 0 Å². The van der Waals surface area contributed by atoms with E-state index in [0.717, 1.165) is 43.2 Å². The SMILES string of the molecule is Oc1c([C@@H](c2ccc(Cl)cc2Cl)N2CCN(Cc3ccccc3)CC2)sc2nc(-c3ccco3)nn12. The molecule has 1 N–H and O–H groups in total. The maximum absolute atomic E-state index is 11.3. The first kappa shape index (κ1) is 23.5. The van der Waals surface area contributed by atoms with Crippen LogP contribution in [0.3, 0.4) is 0 Å². The number of nitrogens with zero attached hydrogens (tertiary/aromatic N) is 5. The molecule has 1 saturated heterocycles. The monoisotopic (exact) mass is 539 g/mol. The molecule has 0 saturated carbocycles. The van der Waals surface area contributed by atoms with Crippen molar-refractivity contribution in [1.82, 2.24) is 24.4 Å². The lowest BCUT2D eigenvalue weighted by molar-refractivity contribution is 0.105. The number of rotatable bonds is 6. The maximum Gasteiger partial charge on any atom is 0.230 e. The highest BCUT2D eigenvalue weighted by Gasteiger charge is 2.33. The summed E-state index contributed by atoms with van der Waals surface area (Å²) in [6.07, 6.45) is 1.58. The van der Waals surface area contributed by atoms with E-state index in [-0.39, 0.29) is 11.9 Å². The number of hydrogen-bond donors (Lipinski definition) is 1. The fourth-order valence-corrected chi connectivity index (χ4v) is 6.31. The topological polar surface area (TPSA) is 70.0 Å². The van der Waals surface area contributed by atoms with E-state index in [2.05, 4.69) is 44.1 Å². The van der Waals surface area contributed by atoms with Gasteiger partial charge in [0.25, 0.3) is 0 Å². The molecule has 0 aliphatic carbocycles. The van der Waals surface area contributed by atoms with E-state index in [1.54, 1.807) is 24.5 Å². The molecule has 2 aromatic carbocycles. The zero-order valence-electron chi connectivity index (χ0n) is 19.2. The molecule has 3 aromatic heterocycles. The fraction of sp³-hybridized carbons (Fsp3) is 0.231. The average molecular weight is 540 g/mol. The van der Waals surface area contributed by atoms with Crippen molar-refractivity contribution in [3.05, 3.63) is 93.0 Å². The van der Waals surface area contributed by atoms with Crippen LogP contribution in [0.1, 0.15) is 22.0 Å². The van der Waals surface area contributed by atoms with Gasteiger partial charge in [0, 0.05) is 42.8 Å². The van der Waals surface area contributed by atoms with Crippen molar-refractivity contribution in [2.24, 2.45) is 0 Å². The first-order valence-corrected chi connectivity index (χ1v) is 13.2. The third kappa shape index (κ3) is 4.51. The molecule has 1 atom stereocenters. The number of piperazine rings is 1. The molecular formula is C26H23Cl2N5O2S. The second-order valence-electron chi connectivity index (χ2n) is 8.76. The van der Waals surface area contributed by atoms with Gasteiger partial charge in [-0.1, -0.05) is 70.9 Å². The molecule has 6 rings (SSSR count). The summed E-state index contributed by atoms with van der Waals surface area (Å²) >= 11 is 14.3. The van der Waals surface area contributed by atoms with Gasteiger partial charge in [-0.25, -0.2) is 0 Å². The number of fused-ring (bicyclic) bond motifs is 1. The lowest BCUT2D eigenvalue weighted by atomic mass is 10.0. The summed E-state index contributed by atoms with van der Waals surface area (Å²) in [4.78, 5) is 10.7. The maximum atomic E-state index is 11.3. The Morgan fingerprint density at radius 2 is 1.81 bits per heavy atom. The summed E-state index contributed by atoms with van der Waals surface area (Å²) in [6.45, 7) is 4.36. The Labute approximate surface area is 222 Å². The Morgan fingerprint density at radius 1 is 1.00 bits per heavy atom. The van der Waals surface area contributed by atoms with Gasteiger partial charge in [-0.2, -0.15) is 9.50 Å². The molecule has 0 radical (unpaired) electrons. The molecule has 1 aliphatic heterocycles. The minimum Gasteiger partial charge on any atom is -0.492 e. The Kier molecular flexibility index (Phi) is 6.45. The quantitative estimate of drug-likeness (QED) is 0.286. The Bertz CT molecular complexity index is 1480. The molecule has 184 valence electrons. The molecule has 0 amide bonds. The minimum atomic E-state index is -0.255. The summed E-state index contributed by atoms with van der Waals surface area (Å²) in [5, 5.41) is 16.9. The zero-order chi connectivity index (χ0) is 24.6. The van der Waals surface area contributed by atoms with Crippen LogP contribution < -0.4 is 0 Å². The Balaban J connectivity index is 1.32. The fourth-order valence-electron chi connectivity index (χ4n) is 4.69. The second kappa shape index (κ2) is 9.88. The van der Waals surface area contributed by atoms with Crippen molar-refractivity contribution in [2.45, 2.75) is 12.6 Å². The van der Waals surface area contributed by atoms with Crippen LogP contribution >= 0.6 is 34.5 Å². The van der Waals surface area contributed by atoms with E-state index in [1.165, 1.54) is 21.4 Å². The van der Waals surface area contributed by atoms with E-state index in [4.69, 9.17) is 27.6 Å². The molecule has 1 fully saturated rings. The number of aromatic nitrogens is 3. The van der Waals surface area contributed by atoms with Crippen LogP contribution in [0.15, 0.2) is 71.3 Å². The van der Waals surface area contributed by atoms with Crippen molar-refractivity contribution >= 4 is 39.5 Å². The standard InChI is InChI=1S/C26H23Cl2N5O2S/c27-18-8-9-19(20(28)15-18)22(32-12-10-31(11-13-32)16-17-5-2-1-3-6-17)23-25(34)33-26(36-23)29-24(30-33)21-7-4-14-35-21/h1-9,14-15,22,34H,10-13,16H2/t22-/m1/s1. The minimum absolute atomic E-state index is 0.0584. The molecule has 0 bridgehead atoms. The van der Waals surface area contributed by atoms with Gasteiger partial charge < -0.3 is 9.52 Å². The molecule has 0 spiro atoms. The van der Waals surface area contributed by atoms with Crippen molar-refractivity contribution < 1.29 is 9.52 Å². The van der Waals surface area contributed by atoms with Crippen molar-refractivity contribution in [2.75, 3.05) is 26.2 Å². The van der Waals surface area contributed by atoms with Gasteiger partial charge >= 0.3 is 0 Å². The number of aromatic hydroxyl groups is 1. The van der Waals surface area contributed by atoms with Gasteiger partial charge in [0.15, 0.2) is 5.76 Å². The normalized spacial score (nSPS) is 16.1. The van der Waals surface area contributed by atoms with E-state index in [0.29, 0.717) is 26.6 Å². The number of benzene rings is 2. The smallest absolute Gasteiger partial charge is 0.230 e. The summed E-state index contributed by atoms with van der Waals surface area (Å²) in [5.74, 6) is 1.05. The largest absolute Gasteiger partial charge is 0.492 e. The van der Waals surface area contributed by atoms with E-state index in [1.807, 2.05) is 18.2 Å². The van der Waals surface area contributed by atoms with Crippen LogP contribution in [0.4, 0.5) is 0 Å². The first-order valence-electron chi connectivity index (χ1n) is 11.6. The van der Waals surface area contributed by atoms with Gasteiger partial charge in [-0.3, -0.25) is 9.80 Å². The molecule has 36 heavy (non-hydrogen) atoms. The molecule has 4 heterocycles. The lowest BCUT2D eigenvalue weighted by Crippen LogP contribution is -2.47. The summed E-state index contributed by atoms with van der Waals surface area (Å²) in [7, 11) is 0. The van der Waals surface area contributed by atoms with Gasteiger partial charge in [0.05, 0.1) is 17.2 Å². The van der Waals surface area contributed by atoms with E-state index >= 15 is 0 Å². The number of hydrogen-bond acceptors (Lipinski definition) is 7. The van der Waals surface area contributed by atoms with Gasteiger partial charge in [-0.05, 0) is 35.4 Å².